The fourth-order valence-corrected chi connectivity index (χ4v) is 3.88. The lowest BCUT2D eigenvalue weighted by Gasteiger charge is -2.13. The molecule has 140 valence electrons. The average Bonchev–Trinajstić information content (AvgIpc) is 3.09. The summed E-state index contributed by atoms with van der Waals surface area (Å²) in [5, 5.41) is 5.42. The van der Waals surface area contributed by atoms with E-state index in [0.29, 0.717) is 30.0 Å². The Hall–Kier alpha value is -2.67. The lowest BCUT2D eigenvalue weighted by Crippen LogP contribution is -2.11. The summed E-state index contributed by atoms with van der Waals surface area (Å²) >= 11 is 1.93. The van der Waals surface area contributed by atoms with Gasteiger partial charge in [0.1, 0.15) is 5.52 Å². The number of carbonyl (C=O) groups is 1. The molecule has 0 bridgehead atoms. The van der Waals surface area contributed by atoms with Gasteiger partial charge in [-0.1, -0.05) is 12.1 Å². The number of thioether (sulfide) groups is 1. The molecule has 0 fully saturated rings. The van der Waals surface area contributed by atoms with E-state index < -0.39 is 5.91 Å². The van der Waals surface area contributed by atoms with E-state index in [1.165, 1.54) is 0 Å². The standard InChI is InChI=1S/C20H21N3O3S/c21-20(24)16-5-1-4-14-13-23(22-19(14)16)15-6-7-17-18(12-15)26-9-3-11-27-10-2-8-25-17/h1,4-7,12-13H,2-3,8-11H2,(H2,21,24). The van der Waals surface area contributed by atoms with Gasteiger partial charge in [-0.3, -0.25) is 4.79 Å². The molecule has 7 heteroatoms. The topological polar surface area (TPSA) is 79.4 Å². The Bertz CT molecular complexity index is 970. The molecule has 27 heavy (non-hydrogen) atoms. The number of nitrogens with zero attached hydrogens (tertiary/aromatic N) is 2. The highest BCUT2D eigenvalue weighted by atomic mass is 32.2. The fourth-order valence-electron chi connectivity index (χ4n) is 3.04. The zero-order chi connectivity index (χ0) is 18.6. The third kappa shape index (κ3) is 3.88. The number of benzene rings is 2. The number of ether oxygens (including phenoxy) is 2. The van der Waals surface area contributed by atoms with Crippen LogP contribution in [0.5, 0.6) is 11.5 Å². The first-order valence-electron chi connectivity index (χ1n) is 8.98. The van der Waals surface area contributed by atoms with Crippen LogP contribution >= 0.6 is 11.8 Å². The van der Waals surface area contributed by atoms with Gasteiger partial charge in [-0.15, -0.1) is 0 Å². The number of fused-ring (bicyclic) bond motifs is 2. The molecule has 0 spiro atoms. The second-order valence-electron chi connectivity index (χ2n) is 6.33. The van der Waals surface area contributed by atoms with Crippen LogP contribution in [0.1, 0.15) is 23.2 Å². The van der Waals surface area contributed by atoms with E-state index in [1.54, 1.807) is 16.8 Å². The van der Waals surface area contributed by atoms with E-state index >= 15 is 0 Å². The molecule has 1 aliphatic heterocycles. The minimum atomic E-state index is -0.484. The Morgan fingerprint density at radius 1 is 1.07 bits per heavy atom. The first kappa shape index (κ1) is 17.7. The lowest BCUT2D eigenvalue weighted by atomic mass is 10.1. The first-order valence-corrected chi connectivity index (χ1v) is 10.1. The largest absolute Gasteiger partial charge is 0.490 e. The SMILES string of the molecule is NC(=O)c1cccc2cn(-c3ccc4c(c3)OCCCSCCCO4)nc12. The molecule has 2 N–H and O–H groups in total. The second-order valence-corrected chi connectivity index (χ2v) is 7.55. The van der Waals surface area contributed by atoms with Gasteiger partial charge in [0.2, 0.25) is 0 Å². The molecular formula is C20H21N3O3S. The summed E-state index contributed by atoms with van der Waals surface area (Å²) in [6, 6.07) is 11.2. The van der Waals surface area contributed by atoms with Gasteiger partial charge in [0.25, 0.3) is 5.91 Å². The molecule has 0 saturated carbocycles. The summed E-state index contributed by atoms with van der Waals surface area (Å²) in [7, 11) is 0. The van der Waals surface area contributed by atoms with E-state index in [-0.39, 0.29) is 0 Å². The van der Waals surface area contributed by atoms with Gasteiger partial charge < -0.3 is 15.2 Å². The van der Waals surface area contributed by atoms with Crippen molar-refractivity contribution >= 4 is 28.6 Å². The van der Waals surface area contributed by atoms with E-state index in [1.807, 2.05) is 42.2 Å². The number of rotatable bonds is 2. The van der Waals surface area contributed by atoms with E-state index in [0.717, 1.165) is 41.2 Å². The summed E-state index contributed by atoms with van der Waals surface area (Å²) in [5.41, 5.74) is 7.31. The maximum absolute atomic E-state index is 11.6. The normalized spacial score (nSPS) is 15.3. The molecule has 2 heterocycles. The lowest BCUT2D eigenvalue weighted by molar-refractivity contribution is 0.100. The minimum absolute atomic E-state index is 0.415. The highest BCUT2D eigenvalue weighted by Gasteiger charge is 2.13. The number of amides is 1. The predicted octanol–water partition coefficient (Wildman–Crippen LogP) is 3.41. The third-order valence-electron chi connectivity index (χ3n) is 4.37. The van der Waals surface area contributed by atoms with Gasteiger partial charge in [-0.2, -0.15) is 16.9 Å². The quantitative estimate of drug-likeness (QED) is 0.734. The van der Waals surface area contributed by atoms with Crippen molar-refractivity contribution in [1.82, 2.24) is 9.78 Å². The predicted molar refractivity (Wildman–Crippen MR) is 107 cm³/mol. The molecule has 1 aliphatic rings. The van der Waals surface area contributed by atoms with Crippen molar-refractivity contribution in [1.29, 1.82) is 0 Å². The van der Waals surface area contributed by atoms with Gasteiger partial charge >= 0.3 is 0 Å². The van der Waals surface area contributed by atoms with Crippen molar-refractivity contribution < 1.29 is 14.3 Å². The van der Waals surface area contributed by atoms with Crippen LogP contribution < -0.4 is 15.2 Å². The maximum Gasteiger partial charge on any atom is 0.250 e. The molecule has 0 aliphatic carbocycles. The van der Waals surface area contributed by atoms with Crippen LogP contribution in [0.2, 0.25) is 0 Å². The number of nitrogens with two attached hydrogens (primary N) is 1. The second kappa shape index (κ2) is 7.92. The molecule has 0 radical (unpaired) electrons. The number of aromatic nitrogens is 2. The molecule has 0 atom stereocenters. The molecule has 3 aromatic rings. The Balaban J connectivity index is 1.70. The Morgan fingerprint density at radius 3 is 2.63 bits per heavy atom. The van der Waals surface area contributed by atoms with Crippen LogP contribution in [-0.4, -0.2) is 40.4 Å². The van der Waals surface area contributed by atoms with Gasteiger partial charge in [0.05, 0.1) is 24.5 Å². The van der Waals surface area contributed by atoms with Crippen LogP contribution in [0.25, 0.3) is 16.6 Å². The van der Waals surface area contributed by atoms with E-state index in [2.05, 4.69) is 5.10 Å². The minimum Gasteiger partial charge on any atom is -0.490 e. The highest BCUT2D eigenvalue weighted by Crippen LogP contribution is 2.31. The summed E-state index contributed by atoms with van der Waals surface area (Å²) in [6.07, 6.45) is 3.90. The third-order valence-corrected chi connectivity index (χ3v) is 5.53. The maximum atomic E-state index is 11.6. The van der Waals surface area contributed by atoms with Gasteiger partial charge in [0, 0.05) is 17.6 Å². The van der Waals surface area contributed by atoms with Crippen molar-refractivity contribution in [2.45, 2.75) is 12.8 Å². The van der Waals surface area contributed by atoms with Crippen LogP contribution in [-0.2, 0) is 0 Å². The van der Waals surface area contributed by atoms with Crippen molar-refractivity contribution in [2.24, 2.45) is 5.73 Å². The van der Waals surface area contributed by atoms with Crippen LogP contribution in [0.15, 0.2) is 42.6 Å². The van der Waals surface area contributed by atoms with Crippen molar-refractivity contribution in [3.05, 3.63) is 48.2 Å². The zero-order valence-electron chi connectivity index (χ0n) is 14.9. The van der Waals surface area contributed by atoms with Crippen LogP contribution in [0, 0.1) is 0 Å². The van der Waals surface area contributed by atoms with Gasteiger partial charge in [0.15, 0.2) is 11.5 Å². The van der Waals surface area contributed by atoms with Crippen molar-refractivity contribution in [3.63, 3.8) is 0 Å². The highest BCUT2D eigenvalue weighted by molar-refractivity contribution is 7.99. The number of carbonyl (C=O) groups excluding carboxylic acids is 1. The molecular weight excluding hydrogens is 362 g/mol. The molecule has 0 saturated heterocycles. The summed E-state index contributed by atoms with van der Waals surface area (Å²) in [5.74, 6) is 3.18. The molecule has 1 aromatic heterocycles. The Kier molecular flexibility index (Phi) is 5.20. The van der Waals surface area contributed by atoms with Gasteiger partial charge in [-0.05, 0) is 42.5 Å². The number of primary amides is 1. The van der Waals surface area contributed by atoms with E-state index in [9.17, 15) is 4.79 Å². The summed E-state index contributed by atoms with van der Waals surface area (Å²) < 4.78 is 13.6. The van der Waals surface area contributed by atoms with Crippen LogP contribution in [0.4, 0.5) is 0 Å². The molecule has 1 amide bonds. The van der Waals surface area contributed by atoms with Crippen molar-refractivity contribution in [3.8, 4) is 17.2 Å². The van der Waals surface area contributed by atoms with Crippen LogP contribution in [0.3, 0.4) is 0 Å². The van der Waals surface area contributed by atoms with Crippen molar-refractivity contribution in [2.75, 3.05) is 24.7 Å². The first-order chi connectivity index (χ1) is 13.2. The molecule has 2 aromatic carbocycles. The number of hydrogen-bond donors (Lipinski definition) is 1. The smallest absolute Gasteiger partial charge is 0.250 e. The molecule has 6 nitrogen and oxygen atoms in total. The fraction of sp³-hybridized carbons (Fsp3) is 0.300. The summed E-state index contributed by atoms with van der Waals surface area (Å²) in [4.78, 5) is 11.6. The number of hydrogen-bond acceptors (Lipinski definition) is 5. The molecule has 4 rings (SSSR count). The average molecular weight is 383 g/mol. The Labute approximate surface area is 161 Å². The van der Waals surface area contributed by atoms with Gasteiger partial charge in [-0.25, -0.2) is 4.68 Å². The van der Waals surface area contributed by atoms with E-state index in [4.69, 9.17) is 15.2 Å². The molecule has 0 unspecified atom stereocenters. The monoisotopic (exact) mass is 383 g/mol. The summed E-state index contributed by atoms with van der Waals surface area (Å²) in [6.45, 7) is 1.33. The zero-order valence-corrected chi connectivity index (χ0v) is 15.7. The Morgan fingerprint density at radius 2 is 1.85 bits per heavy atom.